The molecule has 0 aliphatic heterocycles. The minimum Gasteiger partial charge on any atom is -0.495 e. The molecule has 0 heterocycles. The van der Waals surface area contributed by atoms with Crippen LogP contribution < -0.4 is 10.1 Å². The first-order valence-corrected chi connectivity index (χ1v) is 9.24. The molecule has 4 nitrogen and oxygen atoms in total. The summed E-state index contributed by atoms with van der Waals surface area (Å²) in [6, 6.07) is 10.8. The molecule has 0 unspecified atom stereocenters. The number of nitrogens with one attached hydrogen (secondary N) is 1. The van der Waals surface area contributed by atoms with Gasteiger partial charge in [-0.3, -0.25) is 4.79 Å². The van der Waals surface area contributed by atoms with Crippen molar-refractivity contribution < 1.29 is 9.53 Å². The van der Waals surface area contributed by atoms with Crippen molar-refractivity contribution in [2.45, 2.75) is 13.3 Å². The Balaban J connectivity index is 2.38. The van der Waals surface area contributed by atoms with Crippen LogP contribution in [0, 0.1) is 18.3 Å². The Morgan fingerprint density at radius 2 is 2.19 bits per heavy atom. The number of amides is 1. The molecule has 1 amide bonds. The first-order valence-electron chi connectivity index (χ1n) is 8.06. The van der Waals surface area contributed by atoms with Crippen LogP contribution in [0.25, 0.3) is 6.08 Å². The largest absolute Gasteiger partial charge is 0.495 e. The maximum Gasteiger partial charge on any atom is 0.266 e. The average molecular weight is 446 g/mol. The van der Waals surface area contributed by atoms with E-state index in [9.17, 15) is 10.1 Å². The second kappa shape index (κ2) is 9.40. The predicted molar refractivity (Wildman–Crippen MR) is 113 cm³/mol. The van der Waals surface area contributed by atoms with Crippen molar-refractivity contribution >= 4 is 45.2 Å². The molecule has 0 aromatic heterocycles. The third-order valence-corrected chi connectivity index (χ3v) is 4.90. The van der Waals surface area contributed by atoms with Gasteiger partial charge in [-0.2, -0.15) is 5.26 Å². The highest BCUT2D eigenvalue weighted by molar-refractivity contribution is 9.10. The summed E-state index contributed by atoms with van der Waals surface area (Å²) < 4.78 is 6.13. The van der Waals surface area contributed by atoms with Gasteiger partial charge in [-0.1, -0.05) is 23.7 Å². The fourth-order valence-electron chi connectivity index (χ4n) is 2.54. The molecular formula is C21H18BrClN2O2. The van der Waals surface area contributed by atoms with Crippen LogP contribution in [0.5, 0.6) is 5.75 Å². The molecule has 2 aromatic carbocycles. The maximum absolute atomic E-state index is 12.5. The van der Waals surface area contributed by atoms with E-state index in [1.54, 1.807) is 44.4 Å². The van der Waals surface area contributed by atoms with Gasteiger partial charge in [0.1, 0.15) is 17.4 Å². The number of methoxy groups -OCH3 is 1. The summed E-state index contributed by atoms with van der Waals surface area (Å²) in [4.78, 5) is 12.5. The summed E-state index contributed by atoms with van der Waals surface area (Å²) in [5, 5.41) is 12.7. The predicted octanol–water partition coefficient (Wildman–Crippen LogP) is 5.69. The molecule has 138 valence electrons. The molecule has 1 N–H and O–H groups in total. The highest BCUT2D eigenvalue weighted by Gasteiger charge is 2.14. The number of ether oxygens (including phenoxy) is 1. The molecule has 27 heavy (non-hydrogen) atoms. The zero-order chi connectivity index (χ0) is 20.0. The van der Waals surface area contributed by atoms with E-state index < -0.39 is 5.91 Å². The van der Waals surface area contributed by atoms with Crippen LogP contribution >= 0.6 is 27.5 Å². The highest BCUT2D eigenvalue weighted by atomic mass is 79.9. The summed E-state index contributed by atoms with van der Waals surface area (Å²) in [5.74, 6) is 0.199. The van der Waals surface area contributed by atoms with Crippen molar-refractivity contribution in [3.63, 3.8) is 0 Å². The van der Waals surface area contributed by atoms with Gasteiger partial charge in [0.05, 0.1) is 11.6 Å². The van der Waals surface area contributed by atoms with E-state index in [0.29, 0.717) is 28.4 Å². The standard InChI is InChI=1S/C21H18BrClN2O2/c1-4-6-15-9-14(11-17(22)20(15)27-3)10-16(12-24)21(26)25-19-8-5-7-18(23)13(19)2/h4-5,7-11H,1,6H2,2-3H3,(H,25,26)/b16-10-. The molecule has 0 bridgehead atoms. The zero-order valence-electron chi connectivity index (χ0n) is 15.0. The second-order valence-corrected chi connectivity index (χ2v) is 6.99. The third kappa shape index (κ3) is 5.00. The molecule has 0 saturated carbocycles. The van der Waals surface area contributed by atoms with Crippen molar-refractivity contribution in [1.29, 1.82) is 5.26 Å². The molecule has 0 aliphatic rings. The number of anilines is 1. The molecule has 6 heteroatoms. The Morgan fingerprint density at radius 1 is 1.44 bits per heavy atom. The van der Waals surface area contributed by atoms with E-state index in [0.717, 1.165) is 15.6 Å². The fourth-order valence-corrected chi connectivity index (χ4v) is 3.40. The minimum absolute atomic E-state index is 0.0176. The molecule has 2 aromatic rings. The molecular weight excluding hydrogens is 428 g/mol. The Labute approximate surface area is 172 Å². The number of rotatable bonds is 6. The normalized spacial score (nSPS) is 10.9. The molecule has 0 aliphatic carbocycles. The van der Waals surface area contributed by atoms with E-state index in [2.05, 4.69) is 27.8 Å². The quantitative estimate of drug-likeness (QED) is 0.353. The maximum atomic E-state index is 12.5. The van der Waals surface area contributed by atoms with Crippen LogP contribution in [0.2, 0.25) is 5.02 Å². The van der Waals surface area contributed by atoms with Gasteiger partial charge in [0.15, 0.2) is 0 Å². The van der Waals surface area contributed by atoms with Crippen molar-refractivity contribution in [3.05, 3.63) is 74.7 Å². The van der Waals surface area contributed by atoms with Gasteiger partial charge in [0.2, 0.25) is 0 Å². The summed E-state index contributed by atoms with van der Waals surface area (Å²) in [6.07, 6.45) is 3.89. The lowest BCUT2D eigenvalue weighted by atomic mass is 10.0. The molecule has 0 atom stereocenters. The van der Waals surface area contributed by atoms with Crippen LogP contribution in [0.3, 0.4) is 0 Å². The van der Waals surface area contributed by atoms with Gasteiger partial charge in [-0.05, 0) is 76.3 Å². The van der Waals surface area contributed by atoms with Crippen LogP contribution in [0.15, 0.2) is 53.0 Å². The lowest BCUT2D eigenvalue weighted by Crippen LogP contribution is -2.14. The lowest BCUT2D eigenvalue weighted by molar-refractivity contribution is -0.112. The molecule has 0 spiro atoms. The topological polar surface area (TPSA) is 62.1 Å². The summed E-state index contributed by atoms with van der Waals surface area (Å²) in [5.41, 5.74) is 2.89. The number of hydrogen-bond acceptors (Lipinski definition) is 3. The monoisotopic (exact) mass is 444 g/mol. The molecule has 0 saturated heterocycles. The van der Waals surface area contributed by atoms with Gasteiger partial charge in [-0.25, -0.2) is 0 Å². The summed E-state index contributed by atoms with van der Waals surface area (Å²) >= 11 is 9.54. The smallest absolute Gasteiger partial charge is 0.266 e. The highest BCUT2D eigenvalue weighted by Crippen LogP contribution is 2.32. The number of carbonyl (C=O) groups excluding carboxylic acids is 1. The van der Waals surface area contributed by atoms with Gasteiger partial charge in [-0.15, -0.1) is 6.58 Å². The summed E-state index contributed by atoms with van der Waals surface area (Å²) in [7, 11) is 1.59. The van der Waals surface area contributed by atoms with Crippen LogP contribution in [-0.4, -0.2) is 13.0 Å². The summed E-state index contributed by atoms with van der Waals surface area (Å²) in [6.45, 7) is 5.55. The number of nitriles is 1. The third-order valence-electron chi connectivity index (χ3n) is 3.90. The van der Waals surface area contributed by atoms with E-state index >= 15 is 0 Å². The number of halogens is 2. The fraction of sp³-hybridized carbons (Fsp3) is 0.143. The van der Waals surface area contributed by atoms with Crippen LogP contribution in [0.4, 0.5) is 5.69 Å². The first-order chi connectivity index (χ1) is 12.9. The lowest BCUT2D eigenvalue weighted by Gasteiger charge is -2.11. The van der Waals surface area contributed by atoms with Gasteiger partial charge >= 0.3 is 0 Å². The van der Waals surface area contributed by atoms with Crippen LogP contribution in [-0.2, 0) is 11.2 Å². The minimum atomic E-state index is -0.500. The van der Waals surface area contributed by atoms with Gasteiger partial charge in [0.25, 0.3) is 5.91 Å². The van der Waals surface area contributed by atoms with E-state index in [4.69, 9.17) is 16.3 Å². The molecule has 0 radical (unpaired) electrons. The second-order valence-electron chi connectivity index (χ2n) is 5.72. The Morgan fingerprint density at radius 3 is 2.81 bits per heavy atom. The van der Waals surface area contributed by atoms with Crippen molar-refractivity contribution in [3.8, 4) is 11.8 Å². The van der Waals surface area contributed by atoms with E-state index in [1.165, 1.54) is 6.08 Å². The van der Waals surface area contributed by atoms with Crippen molar-refractivity contribution in [2.75, 3.05) is 12.4 Å². The SMILES string of the molecule is C=CCc1cc(/C=C(/C#N)C(=O)Nc2cccc(Cl)c2C)cc(Br)c1OC. The Kier molecular flexibility index (Phi) is 7.23. The van der Waals surface area contributed by atoms with Crippen LogP contribution in [0.1, 0.15) is 16.7 Å². The number of benzene rings is 2. The van der Waals surface area contributed by atoms with Crippen molar-refractivity contribution in [2.24, 2.45) is 0 Å². The van der Waals surface area contributed by atoms with Crippen molar-refractivity contribution in [1.82, 2.24) is 0 Å². The Hall–Kier alpha value is -2.55. The number of carbonyl (C=O) groups is 1. The number of hydrogen-bond donors (Lipinski definition) is 1. The molecule has 0 fully saturated rings. The number of allylic oxidation sites excluding steroid dienone is 1. The molecule has 2 rings (SSSR count). The first kappa shape index (κ1) is 20.8. The van der Waals surface area contributed by atoms with E-state index in [1.807, 2.05) is 12.1 Å². The zero-order valence-corrected chi connectivity index (χ0v) is 17.3. The van der Waals surface area contributed by atoms with Gasteiger partial charge in [0, 0.05) is 10.7 Å². The van der Waals surface area contributed by atoms with Gasteiger partial charge < -0.3 is 10.1 Å². The Bertz CT molecular complexity index is 961. The average Bonchev–Trinajstić information content (AvgIpc) is 2.63. The number of nitrogens with zero attached hydrogens (tertiary/aromatic N) is 1. The van der Waals surface area contributed by atoms with E-state index in [-0.39, 0.29) is 5.57 Å².